The number of benzene rings is 1. The largest absolute Gasteiger partial charge is 0.497 e. The highest BCUT2D eigenvalue weighted by atomic mass is 32.2. The van der Waals surface area contributed by atoms with Crippen LogP contribution in [0.15, 0.2) is 24.3 Å². The molecule has 19 heavy (non-hydrogen) atoms. The summed E-state index contributed by atoms with van der Waals surface area (Å²) in [5, 5.41) is 0. The van der Waals surface area contributed by atoms with Gasteiger partial charge in [0.2, 0.25) is 0 Å². The van der Waals surface area contributed by atoms with E-state index in [1.54, 1.807) is 18.9 Å². The van der Waals surface area contributed by atoms with Gasteiger partial charge in [0.25, 0.3) is 0 Å². The van der Waals surface area contributed by atoms with Crippen LogP contribution < -0.4 is 4.74 Å². The van der Waals surface area contributed by atoms with E-state index in [2.05, 4.69) is 24.0 Å². The van der Waals surface area contributed by atoms with Gasteiger partial charge in [-0.3, -0.25) is 0 Å². The molecule has 1 aromatic carbocycles. The van der Waals surface area contributed by atoms with Gasteiger partial charge >= 0.3 is 0 Å². The van der Waals surface area contributed by atoms with Crippen molar-refractivity contribution >= 4 is 45.5 Å². The summed E-state index contributed by atoms with van der Waals surface area (Å²) in [6, 6.07) is 8.16. The van der Waals surface area contributed by atoms with E-state index in [9.17, 15) is 0 Å². The summed E-state index contributed by atoms with van der Waals surface area (Å²) in [6.07, 6.45) is 0.937. The number of hydrogen-bond donors (Lipinski definition) is 0. The van der Waals surface area contributed by atoms with Crippen molar-refractivity contribution in [3.05, 3.63) is 29.8 Å². The van der Waals surface area contributed by atoms with Gasteiger partial charge in [0.05, 0.1) is 12.1 Å². The van der Waals surface area contributed by atoms with Crippen LogP contribution in [0.4, 0.5) is 0 Å². The minimum absolute atomic E-state index is 0.319. The first-order valence-electron chi connectivity index (χ1n) is 6.23. The van der Waals surface area contributed by atoms with Gasteiger partial charge in [0, 0.05) is 18.2 Å². The first-order valence-corrected chi connectivity index (χ1v) is 8.03. The first-order chi connectivity index (χ1) is 9.11. The number of nitrogens with zero attached hydrogens (tertiary/aromatic N) is 1. The Morgan fingerprint density at radius 1 is 1.42 bits per heavy atom. The molecule has 1 aliphatic heterocycles. The fourth-order valence-corrected chi connectivity index (χ4v) is 3.68. The second kappa shape index (κ2) is 6.68. The van der Waals surface area contributed by atoms with E-state index in [0.717, 1.165) is 33.8 Å². The molecule has 1 aromatic rings. The van der Waals surface area contributed by atoms with Gasteiger partial charge < -0.3 is 9.64 Å². The highest BCUT2D eigenvalue weighted by Gasteiger charge is 2.24. The van der Waals surface area contributed by atoms with Crippen LogP contribution in [0.1, 0.15) is 12.5 Å². The molecule has 0 saturated carbocycles. The quantitative estimate of drug-likeness (QED) is 0.786. The Labute approximate surface area is 129 Å². The topological polar surface area (TPSA) is 12.5 Å². The average Bonchev–Trinajstić information content (AvgIpc) is 2.85. The van der Waals surface area contributed by atoms with Crippen LogP contribution in [0.5, 0.6) is 5.75 Å². The number of hydrogen-bond acceptors (Lipinski definition) is 4. The molecule has 2 rings (SSSR count). The maximum absolute atomic E-state index is 5.56. The van der Waals surface area contributed by atoms with Crippen molar-refractivity contribution in [1.29, 1.82) is 0 Å². The summed E-state index contributed by atoms with van der Waals surface area (Å²) >= 11 is 12.6. The Hall–Kier alpha value is -0.650. The second-order valence-electron chi connectivity index (χ2n) is 4.56. The van der Waals surface area contributed by atoms with Gasteiger partial charge in [-0.1, -0.05) is 55.3 Å². The van der Waals surface area contributed by atoms with Crippen molar-refractivity contribution in [2.24, 2.45) is 5.92 Å². The summed E-state index contributed by atoms with van der Waals surface area (Å²) in [7, 11) is 1.68. The lowest BCUT2D eigenvalue weighted by molar-refractivity contribution is 0.414. The van der Waals surface area contributed by atoms with Crippen molar-refractivity contribution in [3.8, 4) is 5.75 Å². The highest BCUT2D eigenvalue weighted by molar-refractivity contribution is 8.23. The molecule has 5 heteroatoms. The van der Waals surface area contributed by atoms with Gasteiger partial charge in [-0.05, 0) is 24.1 Å². The van der Waals surface area contributed by atoms with E-state index >= 15 is 0 Å². The molecule has 0 amide bonds. The zero-order valence-corrected chi connectivity index (χ0v) is 13.5. The molecule has 1 saturated heterocycles. The second-order valence-corrected chi connectivity index (χ2v) is 6.70. The number of rotatable bonds is 4. The Kier molecular flexibility index (Phi) is 5.19. The average molecular weight is 311 g/mol. The lowest BCUT2D eigenvalue weighted by Gasteiger charge is -2.23. The fraction of sp³-hybridized carbons (Fsp3) is 0.429. The smallest absolute Gasteiger partial charge is 0.141 e. The molecule has 2 nitrogen and oxygen atoms in total. The van der Waals surface area contributed by atoms with Gasteiger partial charge in [0.15, 0.2) is 0 Å². The van der Waals surface area contributed by atoms with Gasteiger partial charge in [-0.25, -0.2) is 0 Å². The molecule has 1 fully saturated rings. The molecular weight excluding hydrogens is 294 g/mol. The zero-order valence-electron chi connectivity index (χ0n) is 11.1. The van der Waals surface area contributed by atoms with Crippen LogP contribution in [0, 0.1) is 5.92 Å². The zero-order chi connectivity index (χ0) is 13.8. The molecule has 0 unspecified atom stereocenters. The predicted octanol–water partition coefficient (Wildman–Crippen LogP) is 3.53. The van der Waals surface area contributed by atoms with Crippen LogP contribution in [-0.2, 0) is 6.42 Å². The Balaban J connectivity index is 1.97. The maximum atomic E-state index is 5.56. The normalized spacial score (nSPS) is 16.5. The fourth-order valence-electron chi connectivity index (χ4n) is 2.06. The number of methoxy groups -OCH3 is 1. The van der Waals surface area contributed by atoms with Crippen LogP contribution in [0.25, 0.3) is 0 Å². The molecule has 0 N–H and O–H groups in total. The van der Waals surface area contributed by atoms with Crippen LogP contribution in [-0.4, -0.2) is 33.6 Å². The molecule has 102 valence electrons. The van der Waals surface area contributed by atoms with E-state index < -0.39 is 0 Å². The summed E-state index contributed by atoms with van der Waals surface area (Å²) in [5.41, 5.74) is 1.27. The van der Waals surface area contributed by atoms with Gasteiger partial charge in [0.1, 0.15) is 10.1 Å². The SMILES string of the molecule is COc1ccc(C[C@H](C)C(=S)N2CCSC2=S)cc1. The van der Waals surface area contributed by atoms with Crippen molar-refractivity contribution in [3.63, 3.8) is 0 Å². The van der Waals surface area contributed by atoms with Gasteiger partial charge in [-0.2, -0.15) is 0 Å². The third kappa shape index (κ3) is 3.68. The molecule has 0 aromatic heterocycles. The molecular formula is C14H17NOS3. The van der Waals surface area contributed by atoms with Crippen LogP contribution in [0.3, 0.4) is 0 Å². The third-order valence-corrected chi connectivity index (χ3v) is 5.20. The molecule has 0 bridgehead atoms. The third-order valence-electron chi connectivity index (χ3n) is 3.15. The molecule has 0 radical (unpaired) electrons. The van der Waals surface area contributed by atoms with E-state index in [4.69, 9.17) is 29.2 Å². The van der Waals surface area contributed by atoms with Crippen molar-refractivity contribution < 1.29 is 4.74 Å². The van der Waals surface area contributed by atoms with E-state index in [0.29, 0.717) is 5.92 Å². The van der Waals surface area contributed by atoms with Gasteiger partial charge in [-0.15, -0.1) is 0 Å². The Morgan fingerprint density at radius 2 is 2.11 bits per heavy atom. The predicted molar refractivity (Wildman–Crippen MR) is 90.2 cm³/mol. The lowest BCUT2D eigenvalue weighted by atomic mass is 10.0. The summed E-state index contributed by atoms with van der Waals surface area (Å²) < 4.78 is 6.09. The maximum Gasteiger partial charge on any atom is 0.141 e. The van der Waals surface area contributed by atoms with Crippen LogP contribution in [0.2, 0.25) is 0 Å². The summed E-state index contributed by atoms with van der Waals surface area (Å²) in [4.78, 5) is 3.06. The number of thioether (sulfide) groups is 1. The molecule has 1 heterocycles. The van der Waals surface area contributed by atoms with Crippen molar-refractivity contribution in [1.82, 2.24) is 4.90 Å². The Morgan fingerprint density at radius 3 is 2.63 bits per heavy atom. The lowest BCUT2D eigenvalue weighted by Crippen LogP contribution is -2.34. The minimum atomic E-state index is 0.319. The minimum Gasteiger partial charge on any atom is -0.497 e. The van der Waals surface area contributed by atoms with Crippen LogP contribution >= 0.6 is 36.2 Å². The van der Waals surface area contributed by atoms with Crippen molar-refractivity contribution in [2.45, 2.75) is 13.3 Å². The first kappa shape index (κ1) is 14.8. The van der Waals surface area contributed by atoms with E-state index in [1.165, 1.54) is 5.56 Å². The van der Waals surface area contributed by atoms with E-state index in [-0.39, 0.29) is 0 Å². The van der Waals surface area contributed by atoms with Crippen molar-refractivity contribution in [2.75, 3.05) is 19.4 Å². The highest BCUT2D eigenvalue weighted by Crippen LogP contribution is 2.23. The molecule has 1 atom stereocenters. The standard InChI is InChI=1S/C14H17NOS3/c1-10(13(17)15-7-8-19-14(15)18)9-11-3-5-12(16-2)6-4-11/h3-6,10H,7-9H2,1-2H3/t10-/m0/s1. The molecule has 1 aliphatic rings. The number of ether oxygens (including phenoxy) is 1. The number of thiocarbonyl (C=S) groups is 2. The monoisotopic (exact) mass is 311 g/mol. The molecule has 0 spiro atoms. The summed E-state index contributed by atoms with van der Waals surface area (Å²) in [6.45, 7) is 3.12. The Bertz CT molecular complexity index is 472. The summed E-state index contributed by atoms with van der Waals surface area (Å²) in [5.74, 6) is 2.25. The molecule has 0 aliphatic carbocycles. The van der Waals surface area contributed by atoms with E-state index in [1.807, 2.05) is 12.1 Å².